The zero-order valence-corrected chi connectivity index (χ0v) is 18.7. The number of sulfonamides is 1. The summed E-state index contributed by atoms with van der Waals surface area (Å²) in [5, 5.41) is 5.16. The van der Waals surface area contributed by atoms with Crippen molar-refractivity contribution in [3.05, 3.63) is 71.4 Å². The van der Waals surface area contributed by atoms with Gasteiger partial charge < -0.3 is 9.80 Å². The lowest BCUT2D eigenvalue weighted by Gasteiger charge is -2.36. The fourth-order valence-electron chi connectivity index (χ4n) is 4.12. The maximum absolute atomic E-state index is 13.5. The Morgan fingerprint density at radius 1 is 0.875 bits per heavy atom. The van der Waals surface area contributed by atoms with Gasteiger partial charge in [0.1, 0.15) is 5.70 Å². The molecule has 2 heterocycles. The van der Waals surface area contributed by atoms with Crippen LogP contribution in [0.25, 0.3) is 5.57 Å². The van der Waals surface area contributed by atoms with Crippen LogP contribution in [-0.2, 0) is 26.2 Å². The SMILES string of the molecule is CCN1CCN(C2=C(c3ccccc3)C(=O)N(Cc3ccc(S(N)(=O)=O)cc3)C2=O)CC1. The van der Waals surface area contributed by atoms with Crippen molar-refractivity contribution < 1.29 is 18.0 Å². The molecule has 1 saturated heterocycles. The van der Waals surface area contributed by atoms with E-state index in [2.05, 4.69) is 11.8 Å². The van der Waals surface area contributed by atoms with Gasteiger partial charge in [0.05, 0.1) is 17.0 Å². The number of rotatable bonds is 6. The van der Waals surface area contributed by atoms with E-state index in [-0.39, 0.29) is 23.3 Å². The Kier molecular flexibility index (Phi) is 6.14. The summed E-state index contributed by atoms with van der Waals surface area (Å²) in [6, 6.07) is 15.2. The third kappa shape index (κ3) is 4.32. The van der Waals surface area contributed by atoms with Crippen LogP contribution >= 0.6 is 0 Å². The van der Waals surface area contributed by atoms with Gasteiger partial charge in [0, 0.05) is 26.2 Å². The van der Waals surface area contributed by atoms with Crippen molar-refractivity contribution >= 4 is 27.4 Å². The molecule has 2 aliphatic rings. The molecular formula is C23H26N4O4S. The summed E-state index contributed by atoms with van der Waals surface area (Å²) in [5.41, 5.74) is 2.22. The second-order valence-corrected chi connectivity index (χ2v) is 9.46. The van der Waals surface area contributed by atoms with Crippen molar-refractivity contribution in [3.8, 4) is 0 Å². The van der Waals surface area contributed by atoms with Crippen molar-refractivity contribution in [2.24, 2.45) is 5.14 Å². The van der Waals surface area contributed by atoms with E-state index in [4.69, 9.17) is 5.14 Å². The molecule has 2 aliphatic heterocycles. The van der Waals surface area contributed by atoms with E-state index in [0.29, 0.717) is 35.5 Å². The minimum Gasteiger partial charge on any atom is -0.364 e. The third-order valence-corrected chi connectivity index (χ3v) is 6.86. The molecular weight excluding hydrogens is 428 g/mol. The van der Waals surface area contributed by atoms with Gasteiger partial charge in [-0.05, 0) is 29.8 Å². The predicted molar refractivity (Wildman–Crippen MR) is 120 cm³/mol. The Morgan fingerprint density at radius 2 is 1.50 bits per heavy atom. The Bertz CT molecular complexity index is 1150. The smallest absolute Gasteiger partial charge is 0.278 e. The minimum atomic E-state index is -3.81. The topological polar surface area (TPSA) is 104 Å². The lowest BCUT2D eigenvalue weighted by molar-refractivity contribution is -0.138. The summed E-state index contributed by atoms with van der Waals surface area (Å²) in [6.07, 6.45) is 0. The number of amides is 2. The standard InChI is InChI=1S/C23H26N4O4S/c1-2-25-12-14-26(15-13-25)21-20(18-6-4-3-5-7-18)22(28)27(23(21)29)16-17-8-10-19(11-9-17)32(24,30)31/h3-11H,2,12-16H2,1H3,(H2,24,30,31). The zero-order valence-electron chi connectivity index (χ0n) is 17.9. The average molecular weight is 455 g/mol. The van der Waals surface area contributed by atoms with Crippen molar-refractivity contribution in [2.45, 2.75) is 18.4 Å². The van der Waals surface area contributed by atoms with Gasteiger partial charge in [0.15, 0.2) is 0 Å². The summed E-state index contributed by atoms with van der Waals surface area (Å²) < 4.78 is 23.0. The summed E-state index contributed by atoms with van der Waals surface area (Å²) in [7, 11) is -3.81. The van der Waals surface area contributed by atoms with Gasteiger partial charge in [-0.1, -0.05) is 49.4 Å². The molecule has 2 aromatic rings. The van der Waals surface area contributed by atoms with Crippen molar-refractivity contribution in [3.63, 3.8) is 0 Å². The Morgan fingerprint density at radius 3 is 2.06 bits per heavy atom. The molecule has 0 aromatic heterocycles. The van der Waals surface area contributed by atoms with E-state index in [1.807, 2.05) is 35.2 Å². The van der Waals surface area contributed by atoms with Crippen LogP contribution in [0.1, 0.15) is 18.1 Å². The summed E-state index contributed by atoms with van der Waals surface area (Å²) in [4.78, 5) is 32.4. The number of nitrogens with two attached hydrogens (primary N) is 1. The number of carbonyl (C=O) groups is 2. The molecule has 1 fully saturated rings. The summed E-state index contributed by atoms with van der Waals surface area (Å²) >= 11 is 0. The first-order chi connectivity index (χ1) is 15.3. The molecule has 4 rings (SSSR count). The Hall–Kier alpha value is -3.01. The van der Waals surface area contributed by atoms with Gasteiger partial charge in [-0.15, -0.1) is 0 Å². The molecule has 9 heteroatoms. The highest BCUT2D eigenvalue weighted by atomic mass is 32.2. The van der Waals surface area contributed by atoms with Crippen LogP contribution in [0.15, 0.2) is 65.2 Å². The molecule has 2 aromatic carbocycles. The summed E-state index contributed by atoms with van der Waals surface area (Å²) in [5.74, 6) is -0.668. The molecule has 0 bridgehead atoms. The van der Waals surface area contributed by atoms with E-state index < -0.39 is 10.0 Å². The molecule has 0 unspecified atom stereocenters. The van der Waals surface area contributed by atoms with Crippen LogP contribution in [-0.4, -0.2) is 67.7 Å². The van der Waals surface area contributed by atoms with Crippen molar-refractivity contribution in [1.29, 1.82) is 0 Å². The number of hydrogen-bond donors (Lipinski definition) is 1. The van der Waals surface area contributed by atoms with Crippen molar-refractivity contribution in [1.82, 2.24) is 14.7 Å². The third-order valence-electron chi connectivity index (χ3n) is 5.93. The van der Waals surface area contributed by atoms with Crippen LogP contribution in [0.2, 0.25) is 0 Å². The first-order valence-corrected chi connectivity index (χ1v) is 12.1. The van der Waals surface area contributed by atoms with Crippen LogP contribution in [0.4, 0.5) is 0 Å². The van der Waals surface area contributed by atoms with Gasteiger partial charge in [-0.25, -0.2) is 13.6 Å². The molecule has 0 aliphatic carbocycles. The molecule has 2 N–H and O–H groups in total. The van der Waals surface area contributed by atoms with Crippen LogP contribution in [0.3, 0.4) is 0 Å². The number of piperazine rings is 1. The summed E-state index contributed by atoms with van der Waals surface area (Å²) in [6.45, 7) is 6.13. The molecule has 0 atom stereocenters. The Balaban J connectivity index is 1.65. The minimum absolute atomic E-state index is 0.0158. The maximum Gasteiger partial charge on any atom is 0.278 e. The quantitative estimate of drug-likeness (QED) is 0.659. The van der Waals surface area contributed by atoms with E-state index in [1.165, 1.54) is 17.0 Å². The second-order valence-electron chi connectivity index (χ2n) is 7.90. The highest BCUT2D eigenvalue weighted by molar-refractivity contribution is 7.89. The number of carbonyl (C=O) groups excluding carboxylic acids is 2. The number of likely N-dealkylation sites (N-methyl/N-ethyl adjacent to an activating group) is 1. The Labute approximate surface area is 188 Å². The largest absolute Gasteiger partial charge is 0.364 e. The average Bonchev–Trinajstić information content (AvgIpc) is 3.04. The maximum atomic E-state index is 13.5. The molecule has 32 heavy (non-hydrogen) atoms. The van der Waals surface area contributed by atoms with Gasteiger partial charge in [0.25, 0.3) is 11.8 Å². The fraction of sp³-hybridized carbons (Fsp3) is 0.304. The fourth-order valence-corrected chi connectivity index (χ4v) is 4.64. The number of primary sulfonamides is 1. The number of hydrogen-bond acceptors (Lipinski definition) is 6. The number of imide groups is 1. The number of nitrogens with zero attached hydrogens (tertiary/aromatic N) is 3. The van der Waals surface area contributed by atoms with Crippen molar-refractivity contribution in [2.75, 3.05) is 32.7 Å². The molecule has 0 saturated carbocycles. The monoisotopic (exact) mass is 454 g/mol. The normalized spacial score (nSPS) is 18.1. The van der Waals surface area contributed by atoms with Gasteiger partial charge in [0.2, 0.25) is 10.0 Å². The van der Waals surface area contributed by atoms with E-state index in [1.54, 1.807) is 12.1 Å². The van der Waals surface area contributed by atoms with E-state index in [0.717, 1.165) is 19.6 Å². The van der Waals surface area contributed by atoms with Crippen LogP contribution in [0, 0.1) is 0 Å². The van der Waals surface area contributed by atoms with Crippen LogP contribution < -0.4 is 5.14 Å². The van der Waals surface area contributed by atoms with Crippen LogP contribution in [0.5, 0.6) is 0 Å². The molecule has 8 nitrogen and oxygen atoms in total. The molecule has 2 amide bonds. The first-order valence-electron chi connectivity index (χ1n) is 10.5. The second kappa shape index (κ2) is 8.85. The lowest BCUT2D eigenvalue weighted by atomic mass is 10.0. The van der Waals surface area contributed by atoms with Gasteiger partial charge in [-0.3, -0.25) is 14.5 Å². The van der Waals surface area contributed by atoms with Gasteiger partial charge >= 0.3 is 0 Å². The number of benzene rings is 2. The molecule has 0 radical (unpaired) electrons. The first kappa shape index (κ1) is 22.2. The molecule has 0 spiro atoms. The highest BCUT2D eigenvalue weighted by Gasteiger charge is 2.42. The predicted octanol–water partition coefficient (Wildman–Crippen LogP) is 1.25. The van der Waals surface area contributed by atoms with E-state index in [9.17, 15) is 18.0 Å². The highest BCUT2D eigenvalue weighted by Crippen LogP contribution is 2.33. The molecule has 168 valence electrons. The van der Waals surface area contributed by atoms with E-state index >= 15 is 0 Å². The van der Waals surface area contributed by atoms with Gasteiger partial charge in [-0.2, -0.15) is 0 Å². The zero-order chi connectivity index (χ0) is 22.9. The lowest BCUT2D eigenvalue weighted by Crippen LogP contribution is -2.47.